The molecule has 0 heterocycles. The largest absolute Gasteiger partial charge is 0.387 e. The maximum atomic E-state index is 10.6. The van der Waals surface area contributed by atoms with Crippen molar-refractivity contribution >= 4 is 5.91 Å². The van der Waals surface area contributed by atoms with Gasteiger partial charge in [0, 0.05) is 20.6 Å². The Morgan fingerprint density at radius 2 is 1.93 bits per heavy atom. The van der Waals surface area contributed by atoms with Crippen LogP contribution in [0.5, 0.6) is 0 Å². The third kappa shape index (κ3) is 4.54. The quantitative estimate of drug-likeness (QED) is 0.308. The maximum absolute atomic E-state index is 10.6. The van der Waals surface area contributed by atoms with Gasteiger partial charge in [-0.1, -0.05) is 0 Å². The van der Waals surface area contributed by atoms with Crippen LogP contribution in [0.15, 0.2) is 0 Å². The van der Waals surface area contributed by atoms with E-state index >= 15 is 0 Å². The van der Waals surface area contributed by atoms with Crippen molar-refractivity contribution in [1.82, 2.24) is 5.32 Å². The van der Waals surface area contributed by atoms with Crippen molar-refractivity contribution in [3.8, 4) is 0 Å². The summed E-state index contributed by atoms with van der Waals surface area (Å²) in [6, 6.07) is 0. The van der Waals surface area contributed by atoms with Gasteiger partial charge in [0.1, 0.15) is 12.2 Å². The van der Waals surface area contributed by atoms with E-state index in [4.69, 9.17) is 10.5 Å². The Hall–Kier alpha value is -0.730. The highest BCUT2D eigenvalue weighted by atomic mass is 16.5. The normalized spacial score (nSPS) is 19.1. The summed E-state index contributed by atoms with van der Waals surface area (Å²) in [6.07, 6.45) is -5.28. The summed E-state index contributed by atoms with van der Waals surface area (Å²) in [6.45, 7) is 1.17. The number of carbonyl (C=O) groups excluding carboxylic acids is 1. The molecule has 0 aromatic heterocycles. The van der Waals surface area contributed by atoms with Gasteiger partial charge in [0.2, 0.25) is 5.91 Å². The first-order valence-electron chi connectivity index (χ1n) is 4.48. The molecule has 0 saturated heterocycles. The summed E-state index contributed by atoms with van der Waals surface area (Å²) in [5.74, 6) is -0.518. The second kappa shape index (κ2) is 6.70. The fourth-order valence-electron chi connectivity index (χ4n) is 1.08. The molecule has 0 bridgehead atoms. The molecule has 0 aliphatic rings. The van der Waals surface area contributed by atoms with Crippen molar-refractivity contribution < 1.29 is 24.9 Å². The number of aliphatic hydroxyl groups excluding tert-OH is 3. The standard InChI is InChI=1S/C8H18N2O5/c1-4(11)10-8(14)7(13)6(12)5(3-9)15-2/h5-8,12-14H,3,9H2,1-2H3,(H,10,11). The molecular formula is C8H18N2O5. The van der Waals surface area contributed by atoms with Crippen molar-refractivity contribution in [2.24, 2.45) is 5.73 Å². The van der Waals surface area contributed by atoms with Gasteiger partial charge in [-0.05, 0) is 0 Å². The monoisotopic (exact) mass is 222 g/mol. The molecule has 4 unspecified atom stereocenters. The van der Waals surface area contributed by atoms with E-state index in [1.54, 1.807) is 0 Å². The lowest BCUT2D eigenvalue weighted by molar-refractivity contribution is -0.136. The lowest BCUT2D eigenvalue weighted by Gasteiger charge is -2.27. The number of amides is 1. The van der Waals surface area contributed by atoms with Crippen molar-refractivity contribution in [1.29, 1.82) is 0 Å². The Morgan fingerprint density at radius 3 is 2.27 bits per heavy atom. The van der Waals surface area contributed by atoms with Gasteiger partial charge in [-0.25, -0.2) is 0 Å². The number of rotatable bonds is 6. The fourth-order valence-corrected chi connectivity index (χ4v) is 1.08. The topological polar surface area (TPSA) is 125 Å². The van der Waals surface area contributed by atoms with Crippen LogP contribution < -0.4 is 11.1 Å². The Labute approximate surface area is 87.8 Å². The maximum Gasteiger partial charge on any atom is 0.218 e. The molecule has 0 aromatic rings. The van der Waals surface area contributed by atoms with Crippen LogP contribution in [-0.2, 0) is 9.53 Å². The number of ether oxygens (including phenoxy) is 1. The van der Waals surface area contributed by atoms with Gasteiger partial charge < -0.3 is 31.1 Å². The first kappa shape index (κ1) is 14.3. The molecule has 0 saturated carbocycles. The van der Waals surface area contributed by atoms with Gasteiger partial charge in [0.25, 0.3) is 0 Å². The number of hydrogen-bond acceptors (Lipinski definition) is 6. The van der Waals surface area contributed by atoms with Gasteiger partial charge >= 0.3 is 0 Å². The van der Waals surface area contributed by atoms with Gasteiger partial charge in [-0.15, -0.1) is 0 Å². The minimum atomic E-state index is -1.55. The average Bonchev–Trinajstić information content (AvgIpc) is 2.17. The summed E-state index contributed by atoms with van der Waals surface area (Å²) in [5, 5.41) is 30.2. The van der Waals surface area contributed by atoms with Crippen molar-refractivity contribution in [3.63, 3.8) is 0 Å². The average molecular weight is 222 g/mol. The van der Waals surface area contributed by atoms with Crippen molar-refractivity contribution in [2.45, 2.75) is 31.5 Å². The molecule has 0 rings (SSSR count). The number of nitrogens with two attached hydrogens (primary N) is 1. The molecule has 7 heteroatoms. The molecule has 15 heavy (non-hydrogen) atoms. The first-order valence-corrected chi connectivity index (χ1v) is 4.48. The van der Waals surface area contributed by atoms with Crippen LogP contribution in [0.3, 0.4) is 0 Å². The fraction of sp³-hybridized carbons (Fsp3) is 0.875. The zero-order chi connectivity index (χ0) is 12.0. The number of carbonyl (C=O) groups is 1. The van der Waals surface area contributed by atoms with E-state index < -0.39 is 30.4 Å². The molecule has 0 radical (unpaired) electrons. The molecule has 0 fully saturated rings. The van der Waals surface area contributed by atoms with Crippen LogP contribution in [-0.4, -0.2) is 59.4 Å². The minimum absolute atomic E-state index is 0.0124. The van der Waals surface area contributed by atoms with E-state index in [1.807, 2.05) is 5.32 Å². The zero-order valence-electron chi connectivity index (χ0n) is 8.75. The first-order chi connectivity index (χ1) is 6.93. The SMILES string of the molecule is COC(CN)C(O)C(O)C(O)NC(C)=O. The van der Waals surface area contributed by atoms with Crippen molar-refractivity contribution in [2.75, 3.05) is 13.7 Å². The van der Waals surface area contributed by atoms with Crippen LogP contribution in [0.1, 0.15) is 6.92 Å². The lowest BCUT2D eigenvalue weighted by Crippen LogP contribution is -2.53. The summed E-state index contributed by atoms with van der Waals surface area (Å²) in [5.41, 5.74) is 5.26. The molecule has 6 N–H and O–H groups in total. The molecule has 0 aliphatic heterocycles. The van der Waals surface area contributed by atoms with Crippen LogP contribution in [0.2, 0.25) is 0 Å². The Bertz CT molecular complexity index is 197. The highest BCUT2D eigenvalue weighted by Crippen LogP contribution is 2.05. The second-order valence-corrected chi connectivity index (χ2v) is 3.14. The van der Waals surface area contributed by atoms with E-state index in [1.165, 1.54) is 14.0 Å². The van der Waals surface area contributed by atoms with Gasteiger partial charge in [-0.3, -0.25) is 4.79 Å². The van der Waals surface area contributed by atoms with Crippen LogP contribution in [0, 0.1) is 0 Å². The van der Waals surface area contributed by atoms with E-state index in [2.05, 4.69) is 0 Å². The van der Waals surface area contributed by atoms with E-state index in [0.717, 1.165) is 0 Å². The van der Waals surface area contributed by atoms with Gasteiger partial charge in [0.15, 0.2) is 6.23 Å². The summed E-state index contributed by atoms with van der Waals surface area (Å²) < 4.78 is 4.78. The highest BCUT2D eigenvalue weighted by molar-refractivity contribution is 5.73. The molecule has 90 valence electrons. The smallest absolute Gasteiger partial charge is 0.218 e. The summed E-state index contributed by atoms with van der Waals surface area (Å²) in [4.78, 5) is 10.6. The molecule has 4 atom stereocenters. The predicted octanol–water partition coefficient (Wildman–Crippen LogP) is -2.86. The molecule has 0 aromatic carbocycles. The molecule has 7 nitrogen and oxygen atoms in total. The van der Waals surface area contributed by atoms with E-state index in [0.29, 0.717) is 0 Å². The summed E-state index contributed by atoms with van der Waals surface area (Å²) in [7, 11) is 1.32. The van der Waals surface area contributed by atoms with Gasteiger partial charge in [0.05, 0.1) is 6.10 Å². The minimum Gasteiger partial charge on any atom is -0.387 e. The number of nitrogens with one attached hydrogen (secondary N) is 1. The van der Waals surface area contributed by atoms with Crippen LogP contribution in [0.4, 0.5) is 0 Å². The zero-order valence-corrected chi connectivity index (χ0v) is 8.75. The summed E-state index contributed by atoms with van der Waals surface area (Å²) >= 11 is 0. The second-order valence-electron chi connectivity index (χ2n) is 3.14. The predicted molar refractivity (Wildman–Crippen MR) is 51.7 cm³/mol. The lowest BCUT2D eigenvalue weighted by atomic mass is 10.1. The molecule has 1 amide bonds. The van der Waals surface area contributed by atoms with E-state index in [-0.39, 0.29) is 6.54 Å². The molecular weight excluding hydrogens is 204 g/mol. The Balaban J connectivity index is 4.28. The van der Waals surface area contributed by atoms with Crippen LogP contribution >= 0.6 is 0 Å². The number of aliphatic hydroxyl groups is 3. The van der Waals surface area contributed by atoms with Gasteiger partial charge in [-0.2, -0.15) is 0 Å². The number of methoxy groups -OCH3 is 1. The number of hydrogen-bond donors (Lipinski definition) is 5. The molecule has 0 aliphatic carbocycles. The third-order valence-electron chi connectivity index (χ3n) is 1.94. The molecule has 0 spiro atoms. The van der Waals surface area contributed by atoms with Crippen molar-refractivity contribution in [3.05, 3.63) is 0 Å². The Kier molecular flexibility index (Phi) is 6.37. The van der Waals surface area contributed by atoms with E-state index in [9.17, 15) is 20.1 Å². The Morgan fingerprint density at radius 1 is 1.40 bits per heavy atom. The van der Waals surface area contributed by atoms with Crippen LogP contribution in [0.25, 0.3) is 0 Å². The third-order valence-corrected chi connectivity index (χ3v) is 1.94. The highest BCUT2D eigenvalue weighted by Gasteiger charge is 2.31.